The van der Waals surface area contributed by atoms with Crippen LogP contribution < -0.4 is 20.4 Å². The van der Waals surface area contributed by atoms with Gasteiger partial charge in [-0.3, -0.25) is 9.59 Å². The first-order valence-corrected chi connectivity index (χ1v) is 7.50. The maximum absolute atomic E-state index is 11.7. The van der Waals surface area contributed by atoms with E-state index < -0.39 is 11.8 Å². The zero-order valence-corrected chi connectivity index (χ0v) is 14.1. The minimum absolute atomic E-state index is 0.0922. The van der Waals surface area contributed by atoms with Gasteiger partial charge >= 0.3 is 11.8 Å². The van der Waals surface area contributed by atoms with E-state index in [2.05, 4.69) is 34.9 Å². The van der Waals surface area contributed by atoms with Crippen molar-refractivity contribution in [3.8, 4) is 0 Å². The molecule has 22 heavy (non-hydrogen) atoms. The van der Waals surface area contributed by atoms with E-state index in [9.17, 15) is 9.59 Å². The summed E-state index contributed by atoms with van der Waals surface area (Å²) in [5.74, 6) is -1.17. The lowest BCUT2D eigenvalue weighted by Crippen LogP contribution is -3.07. The molecule has 0 heterocycles. The van der Waals surface area contributed by atoms with Gasteiger partial charge in [0.05, 0.1) is 20.6 Å². The average Bonchev–Trinajstić information content (AvgIpc) is 2.47. The molecule has 1 aromatic carbocycles. The Hall–Kier alpha value is -2.08. The number of quaternary nitrogens is 1. The molecule has 3 N–H and O–H groups in total. The highest BCUT2D eigenvalue weighted by molar-refractivity contribution is 6.35. The quantitative estimate of drug-likeness (QED) is 0.602. The van der Waals surface area contributed by atoms with Gasteiger partial charge < -0.3 is 20.4 Å². The van der Waals surface area contributed by atoms with Crippen LogP contribution in [0.25, 0.3) is 0 Å². The molecule has 0 aliphatic rings. The number of carbonyl (C=O) groups excluding carboxylic acids is 2. The first-order chi connectivity index (χ1) is 10.4. The number of rotatable bonds is 6. The molecule has 0 fully saturated rings. The van der Waals surface area contributed by atoms with E-state index in [0.29, 0.717) is 13.1 Å². The standard InChI is InChI=1S/C16H26N4O2/c1-6-17-15(21)16(22)18-11-14(20(4)5)12-7-9-13(10-8-12)19(2)3/h7-10,14H,6,11H2,1-5H3,(H,17,21)(H,18,22)/p+1/t14-/m0/s1. The number of nitrogens with one attached hydrogen (secondary N) is 3. The van der Waals surface area contributed by atoms with Crippen LogP contribution in [0.4, 0.5) is 5.69 Å². The number of hydrogen-bond donors (Lipinski definition) is 3. The SMILES string of the molecule is CCNC(=O)C(=O)NC[C@@H](c1ccc(N(C)C)cc1)[NH+](C)C. The molecule has 0 spiro atoms. The van der Waals surface area contributed by atoms with Gasteiger partial charge in [0, 0.05) is 31.9 Å². The van der Waals surface area contributed by atoms with Gasteiger partial charge in [0.25, 0.3) is 0 Å². The molecule has 0 bridgehead atoms. The lowest BCUT2D eigenvalue weighted by Gasteiger charge is -2.23. The van der Waals surface area contributed by atoms with Crippen molar-refractivity contribution in [2.24, 2.45) is 0 Å². The van der Waals surface area contributed by atoms with Crippen molar-refractivity contribution in [3.05, 3.63) is 29.8 Å². The van der Waals surface area contributed by atoms with E-state index in [-0.39, 0.29) is 6.04 Å². The topological polar surface area (TPSA) is 65.9 Å². The van der Waals surface area contributed by atoms with Crippen molar-refractivity contribution in [1.29, 1.82) is 0 Å². The zero-order valence-electron chi connectivity index (χ0n) is 14.1. The van der Waals surface area contributed by atoms with Crippen molar-refractivity contribution in [2.75, 3.05) is 46.2 Å². The number of amides is 2. The number of benzene rings is 1. The molecule has 0 saturated heterocycles. The fourth-order valence-corrected chi connectivity index (χ4v) is 2.18. The molecule has 1 rings (SSSR count). The molecule has 6 nitrogen and oxygen atoms in total. The summed E-state index contributed by atoms with van der Waals surface area (Å²) in [7, 11) is 8.05. The van der Waals surface area contributed by atoms with Crippen LogP contribution in [0, 0.1) is 0 Å². The van der Waals surface area contributed by atoms with Crippen molar-refractivity contribution in [3.63, 3.8) is 0 Å². The second-order valence-electron chi connectivity index (χ2n) is 5.69. The van der Waals surface area contributed by atoms with Gasteiger partial charge in [-0.05, 0) is 19.1 Å². The number of nitrogens with zero attached hydrogens (tertiary/aromatic N) is 1. The van der Waals surface area contributed by atoms with E-state index in [1.165, 1.54) is 4.90 Å². The number of anilines is 1. The van der Waals surface area contributed by atoms with Gasteiger partial charge in [0.2, 0.25) is 0 Å². The third-order valence-electron chi connectivity index (χ3n) is 3.52. The Balaban J connectivity index is 2.73. The van der Waals surface area contributed by atoms with Gasteiger partial charge in [-0.2, -0.15) is 0 Å². The van der Waals surface area contributed by atoms with E-state index in [0.717, 1.165) is 11.3 Å². The van der Waals surface area contributed by atoms with Crippen LogP contribution in [-0.4, -0.2) is 53.1 Å². The van der Waals surface area contributed by atoms with Gasteiger partial charge in [-0.15, -0.1) is 0 Å². The van der Waals surface area contributed by atoms with Crippen molar-refractivity contribution < 1.29 is 14.5 Å². The second-order valence-corrected chi connectivity index (χ2v) is 5.69. The molecular weight excluding hydrogens is 280 g/mol. The van der Waals surface area contributed by atoms with Gasteiger partial charge in [-0.1, -0.05) is 12.1 Å². The second kappa shape index (κ2) is 8.38. The Morgan fingerprint density at radius 1 is 1.09 bits per heavy atom. The molecule has 1 aromatic rings. The molecule has 0 aromatic heterocycles. The highest BCUT2D eigenvalue weighted by atomic mass is 16.2. The normalized spacial score (nSPS) is 11.9. The Bertz CT molecular complexity index is 497. The Labute approximate surface area is 132 Å². The molecule has 6 heteroatoms. The van der Waals surface area contributed by atoms with Crippen LogP contribution in [0.15, 0.2) is 24.3 Å². The minimum atomic E-state index is -0.585. The maximum atomic E-state index is 11.7. The lowest BCUT2D eigenvalue weighted by atomic mass is 10.1. The van der Waals surface area contributed by atoms with Crippen molar-refractivity contribution in [2.45, 2.75) is 13.0 Å². The third kappa shape index (κ3) is 5.04. The van der Waals surface area contributed by atoms with Gasteiger partial charge in [0.15, 0.2) is 0 Å². The third-order valence-corrected chi connectivity index (χ3v) is 3.52. The first-order valence-electron chi connectivity index (χ1n) is 7.50. The lowest BCUT2D eigenvalue weighted by molar-refractivity contribution is -0.890. The Kier molecular flexibility index (Phi) is 6.85. The number of likely N-dealkylation sites (N-methyl/N-ethyl adjacent to an activating group) is 2. The van der Waals surface area contributed by atoms with Crippen LogP contribution in [0.5, 0.6) is 0 Å². The average molecular weight is 307 g/mol. The predicted molar refractivity (Wildman–Crippen MR) is 88.0 cm³/mol. The number of hydrogen-bond acceptors (Lipinski definition) is 3. The van der Waals surface area contributed by atoms with Crippen LogP contribution in [0.3, 0.4) is 0 Å². The summed E-state index contributed by atoms with van der Waals surface area (Å²) in [6.07, 6.45) is 0. The highest BCUT2D eigenvalue weighted by Crippen LogP contribution is 2.15. The molecule has 2 amide bonds. The molecule has 1 atom stereocenters. The Morgan fingerprint density at radius 3 is 2.09 bits per heavy atom. The zero-order chi connectivity index (χ0) is 16.7. The minimum Gasteiger partial charge on any atom is -0.378 e. The highest BCUT2D eigenvalue weighted by Gasteiger charge is 2.21. The molecular formula is C16H27N4O2+. The first kappa shape index (κ1) is 18.0. The van der Waals surface area contributed by atoms with E-state index in [1.54, 1.807) is 6.92 Å². The monoisotopic (exact) mass is 307 g/mol. The van der Waals surface area contributed by atoms with Crippen LogP contribution in [0.1, 0.15) is 18.5 Å². The summed E-state index contributed by atoms with van der Waals surface area (Å²) in [5.41, 5.74) is 2.25. The molecule has 0 radical (unpaired) electrons. The smallest absolute Gasteiger partial charge is 0.309 e. The van der Waals surface area contributed by atoms with Crippen LogP contribution >= 0.6 is 0 Å². The van der Waals surface area contributed by atoms with Gasteiger partial charge in [-0.25, -0.2) is 0 Å². The van der Waals surface area contributed by atoms with E-state index in [1.807, 2.05) is 33.1 Å². The van der Waals surface area contributed by atoms with Crippen molar-refractivity contribution >= 4 is 17.5 Å². The van der Waals surface area contributed by atoms with Crippen LogP contribution in [-0.2, 0) is 9.59 Å². The van der Waals surface area contributed by atoms with Crippen molar-refractivity contribution in [1.82, 2.24) is 10.6 Å². The molecule has 0 unspecified atom stereocenters. The van der Waals surface area contributed by atoms with Crippen LogP contribution in [0.2, 0.25) is 0 Å². The molecule has 0 aliphatic heterocycles. The molecule has 122 valence electrons. The van der Waals surface area contributed by atoms with Gasteiger partial charge in [0.1, 0.15) is 6.04 Å². The van der Waals surface area contributed by atoms with E-state index >= 15 is 0 Å². The summed E-state index contributed by atoms with van der Waals surface area (Å²) in [6.45, 7) is 2.64. The summed E-state index contributed by atoms with van der Waals surface area (Å²) < 4.78 is 0. The molecule has 0 saturated carbocycles. The summed E-state index contributed by atoms with van der Waals surface area (Å²) in [4.78, 5) is 26.4. The summed E-state index contributed by atoms with van der Waals surface area (Å²) in [5, 5.41) is 5.20. The summed E-state index contributed by atoms with van der Waals surface area (Å²) in [6, 6.07) is 8.32. The maximum Gasteiger partial charge on any atom is 0.309 e. The van der Waals surface area contributed by atoms with E-state index in [4.69, 9.17) is 0 Å². The Morgan fingerprint density at radius 2 is 1.64 bits per heavy atom. The fraction of sp³-hybridized carbons (Fsp3) is 0.500. The largest absolute Gasteiger partial charge is 0.378 e. The molecule has 0 aliphatic carbocycles. The predicted octanol–water partition coefficient (Wildman–Crippen LogP) is -0.809. The number of carbonyl (C=O) groups is 2. The fourth-order valence-electron chi connectivity index (χ4n) is 2.18. The summed E-state index contributed by atoms with van der Waals surface area (Å²) >= 11 is 0.